The highest BCUT2D eigenvalue weighted by Crippen LogP contribution is 2.36. The fraction of sp³-hybridized carbons (Fsp3) is 0.533. The third-order valence-electron chi connectivity index (χ3n) is 3.29. The van der Waals surface area contributed by atoms with Crippen LogP contribution in [0.2, 0.25) is 0 Å². The van der Waals surface area contributed by atoms with Gasteiger partial charge in [0.1, 0.15) is 0 Å². The highest BCUT2D eigenvalue weighted by molar-refractivity contribution is 9.10. The predicted octanol–water partition coefficient (Wildman–Crippen LogP) is 2.77. The largest absolute Gasteiger partial charge is 0.492 e. The molecule has 1 saturated heterocycles. The van der Waals surface area contributed by atoms with E-state index in [1.54, 1.807) is 19.2 Å². The maximum absolute atomic E-state index is 12.2. The summed E-state index contributed by atoms with van der Waals surface area (Å²) in [4.78, 5) is 12.2. The zero-order valence-electron chi connectivity index (χ0n) is 12.3. The number of methoxy groups -OCH3 is 1. The quantitative estimate of drug-likeness (QED) is 0.850. The lowest BCUT2D eigenvalue weighted by atomic mass is 10.1. The third kappa shape index (κ3) is 4.11. The first-order chi connectivity index (χ1) is 10.2. The number of hydrogen-bond donors (Lipinski definition) is 1. The van der Waals surface area contributed by atoms with Crippen LogP contribution < -0.4 is 14.8 Å². The molecule has 1 N–H and O–H groups in total. The van der Waals surface area contributed by atoms with Crippen LogP contribution in [-0.4, -0.2) is 38.9 Å². The molecule has 1 aromatic carbocycles. The van der Waals surface area contributed by atoms with E-state index in [4.69, 9.17) is 14.2 Å². The zero-order chi connectivity index (χ0) is 15.2. The summed E-state index contributed by atoms with van der Waals surface area (Å²) in [6, 6.07) is 3.42. The molecule has 0 aliphatic carbocycles. The van der Waals surface area contributed by atoms with Crippen molar-refractivity contribution in [3.05, 3.63) is 22.2 Å². The summed E-state index contributed by atoms with van der Waals surface area (Å²) in [5, 5.41) is 2.89. The normalized spacial score (nSPS) is 17.6. The van der Waals surface area contributed by atoms with Gasteiger partial charge in [0.25, 0.3) is 5.91 Å². The Morgan fingerprint density at radius 1 is 1.52 bits per heavy atom. The first-order valence-corrected chi connectivity index (χ1v) is 7.85. The second kappa shape index (κ2) is 7.66. The highest BCUT2D eigenvalue weighted by Gasteiger charge is 2.18. The minimum atomic E-state index is -0.144. The van der Waals surface area contributed by atoms with Crippen LogP contribution >= 0.6 is 15.9 Å². The van der Waals surface area contributed by atoms with Gasteiger partial charge in [-0.1, -0.05) is 0 Å². The summed E-state index contributed by atoms with van der Waals surface area (Å²) in [7, 11) is 1.57. The minimum absolute atomic E-state index is 0.127. The van der Waals surface area contributed by atoms with Crippen LogP contribution in [-0.2, 0) is 4.74 Å². The number of carbonyl (C=O) groups excluding carboxylic acids is 1. The van der Waals surface area contributed by atoms with Gasteiger partial charge in [0, 0.05) is 18.7 Å². The molecule has 0 aromatic heterocycles. The summed E-state index contributed by atoms with van der Waals surface area (Å²) in [6.45, 7) is 3.71. The van der Waals surface area contributed by atoms with Crippen molar-refractivity contribution in [1.29, 1.82) is 0 Å². The molecule has 1 amide bonds. The first kappa shape index (κ1) is 16.1. The van der Waals surface area contributed by atoms with Crippen LogP contribution in [0.15, 0.2) is 16.6 Å². The maximum atomic E-state index is 12.2. The lowest BCUT2D eigenvalue weighted by Crippen LogP contribution is -2.31. The number of rotatable bonds is 6. The van der Waals surface area contributed by atoms with Crippen LogP contribution in [0.4, 0.5) is 0 Å². The lowest BCUT2D eigenvalue weighted by molar-refractivity contribution is 0.0857. The molecule has 5 nitrogen and oxygen atoms in total. The Morgan fingerprint density at radius 3 is 2.95 bits per heavy atom. The summed E-state index contributed by atoms with van der Waals surface area (Å²) in [5.41, 5.74) is 0.532. The van der Waals surface area contributed by atoms with E-state index in [2.05, 4.69) is 21.2 Å². The van der Waals surface area contributed by atoms with Crippen molar-refractivity contribution in [3.63, 3.8) is 0 Å². The minimum Gasteiger partial charge on any atom is -0.492 e. The molecule has 116 valence electrons. The van der Waals surface area contributed by atoms with Crippen molar-refractivity contribution < 1.29 is 19.0 Å². The number of ether oxygens (including phenoxy) is 3. The van der Waals surface area contributed by atoms with Crippen LogP contribution in [0, 0.1) is 0 Å². The Bertz CT molecular complexity index is 501. The van der Waals surface area contributed by atoms with Gasteiger partial charge in [-0.2, -0.15) is 0 Å². The van der Waals surface area contributed by atoms with Crippen molar-refractivity contribution in [2.45, 2.75) is 25.9 Å². The maximum Gasteiger partial charge on any atom is 0.251 e. The molecule has 1 fully saturated rings. The Balaban J connectivity index is 2.08. The smallest absolute Gasteiger partial charge is 0.251 e. The van der Waals surface area contributed by atoms with E-state index in [0.29, 0.717) is 34.7 Å². The first-order valence-electron chi connectivity index (χ1n) is 7.05. The molecular formula is C15H20BrNO4. The van der Waals surface area contributed by atoms with Gasteiger partial charge in [0.15, 0.2) is 11.5 Å². The second-order valence-corrected chi connectivity index (χ2v) is 5.62. The molecule has 0 bridgehead atoms. The average Bonchev–Trinajstić information content (AvgIpc) is 2.98. The number of halogens is 1. The van der Waals surface area contributed by atoms with E-state index in [0.717, 1.165) is 19.4 Å². The third-order valence-corrected chi connectivity index (χ3v) is 3.88. The van der Waals surface area contributed by atoms with E-state index < -0.39 is 0 Å². The van der Waals surface area contributed by atoms with E-state index >= 15 is 0 Å². The van der Waals surface area contributed by atoms with E-state index in [1.165, 1.54) is 0 Å². The van der Waals surface area contributed by atoms with Crippen molar-refractivity contribution >= 4 is 21.8 Å². The molecule has 1 aliphatic heterocycles. The standard InChI is InChI=1S/C15H20BrNO4/c1-3-20-13-8-10(7-12(16)14(13)19-2)15(18)17-9-11-5-4-6-21-11/h7-8,11H,3-6,9H2,1-2H3,(H,17,18). The molecule has 2 rings (SSSR count). The number of benzene rings is 1. The molecule has 0 spiro atoms. The van der Waals surface area contributed by atoms with E-state index in [1.807, 2.05) is 6.92 Å². The van der Waals surface area contributed by atoms with Gasteiger partial charge in [0.05, 0.1) is 24.3 Å². The molecule has 1 aliphatic rings. The van der Waals surface area contributed by atoms with Crippen LogP contribution in [0.1, 0.15) is 30.1 Å². The van der Waals surface area contributed by atoms with Crippen LogP contribution in [0.3, 0.4) is 0 Å². The highest BCUT2D eigenvalue weighted by atomic mass is 79.9. The Kier molecular flexibility index (Phi) is 5.87. The second-order valence-electron chi connectivity index (χ2n) is 4.77. The molecule has 1 aromatic rings. The summed E-state index contributed by atoms with van der Waals surface area (Å²) in [6.07, 6.45) is 2.18. The number of amides is 1. The molecule has 1 atom stereocenters. The molecule has 21 heavy (non-hydrogen) atoms. The molecule has 1 heterocycles. The SMILES string of the molecule is CCOc1cc(C(=O)NCC2CCCO2)cc(Br)c1OC. The van der Waals surface area contributed by atoms with E-state index in [9.17, 15) is 4.79 Å². The Labute approximate surface area is 133 Å². The molecular weight excluding hydrogens is 338 g/mol. The summed E-state index contributed by atoms with van der Waals surface area (Å²) < 4.78 is 17.0. The molecule has 0 saturated carbocycles. The van der Waals surface area contributed by atoms with Gasteiger partial charge >= 0.3 is 0 Å². The lowest BCUT2D eigenvalue weighted by Gasteiger charge is -2.14. The van der Waals surface area contributed by atoms with Gasteiger partial charge in [-0.15, -0.1) is 0 Å². The van der Waals surface area contributed by atoms with Gasteiger partial charge in [-0.25, -0.2) is 0 Å². The summed E-state index contributed by atoms with van der Waals surface area (Å²) in [5.74, 6) is 0.999. The van der Waals surface area contributed by atoms with Gasteiger partial charge in [-0.05, 0) is 47.8 Å². The van der Waals surface area contributed by atoms with Gasteiger partial charge in [0.2, 0.25) is 0 Å². The number of hydrogen-bond acceptors (Lipinski definition) is 4. The van der Waals surface area contributed by atoms with Gasteiger partial charge < -0.3 is 19.5 Å². The van der Waals surface area contributed by atoms with Gasteiger partial charge in [-0.3, -0.25) is 4.79 Å². The monoisotopic (exact) mass is 357 g/mol. The molecule has 0 radical (unpaired) electrons. The Hall–Kier alpha value is -1.27. The van der Waals surface area contributed by atoms with Crippen LogP contribution in [0.25, 0.3) is 0 Å². The van der Waals surface area contributed by atoms with Crippen molar-refractivity contribution in [2.24, 2.45) is 0 Å². The predicted molar refractivity (Wildman–Crippen MR) is 83.2 cm³/mol. The fourth-order valence-corrected chi connectivity index (χ4v) is 2.88. The number of nitrogens with one attached hydrogen (secondary N) is 1. The van der Waals surface area contributed by atoms with Crippen LogP contribution in [0.5, 0.6) is 11.5 Å². The average molecular weight is 358 g/mol. The fourth-order valence-electron chi connectivity index (χ4n) is 2.27. The summed E-state index contributed by atoms with van der Waals surface area (Å²) >= 11 is 3.40. The topological polar surface area (TPSA) is 56.8 Å². The Morgan fingerprint density at radius 2 is 2.33 bits per heavy atom. The molecule has 1 unspecified atom stereocenters. The van der Waals surface area contributed by atoms with E-state index in [-0.39, 0.29) is 12.0 Å². The molecule has 6 heteroatoms. The number of carbonyl (C=O) groups is 1. The zero-order valence-corrected chi connectivity index (χ0v) is 13.9. The van der Waals surface area contributed by atoms with Crippen molar-refractivity contribution in [1.82, 2.24) is 5.32 Å². The van der Waals surface area contributed by atoms with Crippen molar-refractivity contribution in [2.75, 3.05) is 26.9 Å². The van der Waals surface area contributed by atoms with Crippen molar-refractivity contribution in [3.8, 4) is 11.5 Å².